The summed E-state index contributed by atoms with van der Waals surface area (Å²) in [6.07, 6.45) is -0.720. The topological polar surface area (TPSA) is 194 Å². The Hall–Kier alpha value is -1.40. The highest BCUT2D eigenvalue weighted by Gasteiger charge is 2.36. The van der Waals surface area contributed by atoms with E-state index in [0.717, 1.165) is 0 Å². The van der Waals surface area contributed by atoms with Crippen LogP contribution in [0.2, 0.25) is 0 Å². The number of ether oxygens (including phenoxy) is 10. The van der Waals surface area contributed by atoms with Crippen LogP contribution in [-0.2, 0) is 102 Å². The van der Waals surface area contributed by atoms with Crippen LogP contribution in [0.5, 0.6) is 0 Å². The van der Waals surface area contributed by atoms with Gasteiger partial charge in [-0.2, -0.15) is 24.7 Å². The van der Waals surface area contributed by atoms with E-state index < -0.39 is 47.1 Å². The molecule has 0 saturated carbocycles. The van der Waals surface area contributed by atoms with Crippen LogP contribution in [0.4, 0.5) is 36.2 Å². The predicted molar refractivity (Wildman–Crippen MR) is 217 cm³/mol. The molecule has 2 atom stereocenters. The van der Waals surface area contributed by atoms with E-state index in [-0.39, 0.29) is 171 Å². The van der Waals surface area contributed by atoms with Crippen molar-refractivity contribution in [2.45, 2.75) is 65.6 Å². The second kappa shape index (κ2) is 45.2. The molecule has 0 bridgehead atoms. The lowest BCUT2D eigenvalue weighted by molar-refractivity contribution is -0.459. The van der Waals surface area contributed by atoms with Gasteiger partial charge in [0, 0.05) is 21.7 Å². The van der Waals surface area contributed by atoms with Crippen LogP contribution in [0.1, 0.15) is 53.4 Å². The van der Waals surface area contributed by atoms with E-state index in [9.17, 15) is 36.2 Å². The highest BCUT2D eigenvalue weighted by Crippen LogP contribution is 2.29. The largest absolute Gasteiger partial charge is 0.378 e. The summed E-state index contributed by atoms with van der Waals surface area (Å²) in [4.78, 5) is 31.6. The molecule has 0 rings (SSSR count). The molecule has 0 aromatic heterocycles. The molecule has 416 valence electrons. The molecule has 21 nitrogen and oxygen atoms in total. The Balaban J connectivity index is 6.92. The summed E-state index contributed by atoms with van der Waals surface area (Å²) in [6.45, 7) is 1.88. The second-order valence-electron chi connectivity index (χ2n) is 16.2. The van der Waals surface area contributed by atoms with Crippen molar-refractivity contribution in [2.24, 2.45) is 21.7 Å². The zero-order chi connectivity index (χ0) is 51.2. The zero-order valence-corrected chi connectivity index (χ0v) is 40.0. The summed E-state index contributed by atoms with van der Waals surface area (Å²) in [5.74, 6) is 0. The minimum absolute atomic E-state index is 0.00391. The third-order valence-corrected chi connectivity index (χ3v) is 11.0. The Morgan fingerprint density at radius 1 is 0.275 bits per heavy atom. The molecule has 0 heterocycles. The maximum atomic E-state index is 12.8. The van der Waals surface area contributed by atoms with Gasteiger partial charge in [0.2, 0.25) is 0 Å². The fraction of sp³-hybridized carbons (Fsp3) is 1.00. The first-order chi connectivity index (χ1) is 33.6. The van der Waals surface area contributed by atoms with Crippen molar-refractivity contribution in [2.75, 3.05) is 172 Å². The minimum Gasteiger partial charge on any atom is -0.378 e. The van der Waals surface area contributed by atoms with Gasteiger partial charge in [-0.3, -0.25) is 0 Å². The Morgan fingerprint density at radius 3 is 0.681 bits per heavy atom. The Kier molecular flexibility index (Phi) is 44.3. The maximum Gasteiger partial charge on any atom is 0.111 e. The van der Waals surface area contributed by atoms with Crippen LogP contribution < -0.4 is 0 Å². The van der Waals surface area contributed by atoms with Crippen molar-refractivity contribution in [1.29, 1.82) is 0 Å². The lowest BCUT2D eigenvalue weighted by atomic mass is 9.88. The van der Waals surface area contributed by atoms with E-state index in [1.807, 2.05) is 13.8 Å². The third-order valence-electron chi connectivity index (χ3n) is 11.0. The summed E-state index contributed by atoms with van der Waals surface area (Å²) in [5, 5.41) is 9.93. The molecule has 0 aliphatic rings. The summed E-state index contributed by atoms with van der Waals surface area (Å²) in [6, 6.07) is 0. The van der Waals surface area contributed by atoms with Gasteiger partial charge in [-0.05, 0) is 77.2 Å². The number of halogens is 8. The summed E-state index contributed by atoms with van der Waals surface area (Å²) >= 11 is 0. The fourth-order valence-corrected chi connectivity index (χ4v) is 6.22. The SMILES string of the molecule is CCC(COCCOF)(COCCOF)COCC(COCC(CC)(COCCOF)COCCOF)OC(COCC(CC)(COCCOF)COOF)COCC(CC)(COOF)COOF. The molecule has 29 heteroatoms. The van der Waals surface area contributed by atoms with Crippen molar-refractivity contribution < 1.29 is 138 Å². The average molecular weight is 1040 g/mol. The van der Waals surface area contributed by atoms with E-state index >= 15 is 0 Å². The van der Waals surface area contributed by atoms with Crippen molar-refractivity contribution in [1.82, 2.24) is 0 Å². The van der Waals surface area contributed by atoms with Gasteiger partial charge in [-0.25, -0.2) is 14.7 Å². The summed E-state index contributed by atoms with van der Waals surface area (Å²) in [7, 11) is 0. The van der Waals surface area contributed by atoms with E-state index in [2.05, 4.69) is 54.6 Å². The standard InChI is InChI=1S/C40H74F8O21/c1-5-37(23-49-9-14-58-41,24-50-10-15-59-42)28-54-19-35(20-55-29-38(6-2,25-51-11-16-60-43)26-52-12-17-61-44)66-36(22-57-31-40(8-4,33-64-68-47)34-65-69-48)21-56-30-39(7-3,32-63-67-46)27-53-13-18-62-45/h35-36H,5-34H2,1-4H3. The van der Waals surface area contributed by atoms with Gasteiger partial charge >= 0.3 is 0 Å². The quantitative estimate of drug-likeness (QED) is 0.0278. The summed E-state index contributed by atoms with van der Waals surface area (Å²) in [5.41, 5.74) is -4.01. The lowest BCUT2D eigenvalue weighted by Gasteiger charge is -2.35. The Morgan fingerprint density at radius 2 is 0.478 bits per heavy atom. The van der Waals surface area contributed by atoms with Crippen LogP contribution in [0.3, 0.4) is 0 Å². The number of rotatable bonds is 56. The number of hydrogen-bond acceptors (Lipinski definition) is 21. The zero-order valence-electron chi connectivity index (χ0n) is 40.0. The first-order valence-electron chi connectivity index (χ1n) is 22.3. The summed E-state index contributed by atoms with van der Waals surface area (Å²) < 4.78 is 159. The van der Waals surface area contributed by atoms with Gasteiger partial charge < -0.3 is 47.4 Å². The van der Waals surface area contributed by atoms with Crippen LogP contribution in [0, 0.1) is 21.7 Å². The van der Waals surface area contributed by atoms with Gasteiger partial charge in [-0.15, -0.1) is 0 Å². The normalized spacial score (nSPS) is 14.0. The van der Waals surface area contributed by atoms with E-state index in [1.165, 1.54) is 0 Å². The molecule has 0 aromatic carbocycles. The first kappa shape index (κ1) is 67.6. The lowest BCUT2D eigenvalue weighted by Crippen LogP contribution is -2.43. The Labute approximate surface area is 397 Å². The first-order valence-corrected chi connectivity index (χ1v) is 22.3. The molecule has 0 aliphatic heterocycles. The number of hydrogen-bond donors (Lipinski definition) is 0. The van der Waals surface area contributed by atoms with Crippen molar-refractivity contribution in [3.63, 3.8) is 0 Å². The van der Waals surface area contributed by atoms with Gasteiger partial charge in [0.1, 0.15) is 45.2 Å². The van der Waals surface area contributed by atoms with Crippen molar-refractivity contribution in [3.8, 4) is 0 Å². The highest BCUT2D eigenvalue weighted by molar-refractivity contribution is 4.82. The Bertz CT molecular complexity index is 1040. The minimum atomic E-state index is -1.22. The monoisotopic (exact) mass is 1040 g/mol. The van der Waals surface area contributed by atoms with Gasteiger partial charge in [0.25, 0.3) is 0 Å². The molecule has 2 unspecified atom stereocenters. The van der Waals surface area contributed by atoms with Crippen LogP contribution in [0.25, 0.3) is 0 Å². The molecule has 69 heavy (non-hydrogen) atoms. The molecule has 0 spiro atoms. The van der Waals surface area contributed by atoms with Crippen LogP contribution in [0.15, 0.2) is 0 Å². The second-order valence-corrected chi connectivity index (χ2v) is 16.2. The van der Waals surface area contributed by atoms with E-state index in [1.54, 1.807) is 13.8 Å². The van der Waals surface area contributed by atoms with Crippen molar-refractivity contribution in [3.05, 3.63) is 0 Å². The van der Waals surface area contributed by atoms with Crippen LogP contribution >= 0.6 is 0 Å². The molecular weight excluding hydrogens is 968 g/mol. The molecule has 0 saturated heterocycles. The molecular formula is C40H74F8O21. The predicted octanol–water partition coefficient (Wildman–Crippen LogP) is 6.48. The van der Waals surface area contributed by atoms with E-state index in [4.69, 9.17) is 47.4 Å². The smallest absolute Gasteiger partial charge is 0.111 e. The molecule has 0 amide bonds. The molecule has 0 N–H and O–H groups in total. The molecule has 0 radical (unpaired) electrons. The van der Waals surface area contributed by atoms with Gasteiger partial charge in [0.05, 0.1) is 139 Å². The molecule has 0 aromatic rings. The highest BCUT2D eigenvalue weighted by atomic mass is 19.3. The average Bonchev–Trinajstić information content (AvgIpc) is 3.37. The third kappa shape index (κ3) is 32.4. The maximum absolute atomic E-state index is 12.8. The fourth-order valence-electron chi connectivity index (χ4n) is 6.22. The van der Waals surface area contributed by atoms with Gasteiger partial charge in [0.15, 0.2) is 0 Å². The van der Waals surface area contributed by atoms with Gasteiger partial charge in [-0.1, -0.05) is 27.7 Å². The van der Waals surface area contributed by atoms with E-state index in [0.29, 0.717) is 12.8 Å². The van der Waals surface area contributed by atoms with Crippen molar-refractivity contribution >= 4 is 0 Å². The molecule has 0 fully saturated rings. The molecule has 0 aliphatic carbocycles. The van der Waals surface area contributed by atoms with Crippen LogP contribution in [-0.4, -0.2) is 184 Å².